The van der Waals surface area contributed by atoms with Crippen LogP contribution >= 0.6 is 0 Å². The van der Waals surface area contributed by atoms with Crippen LogP contribution < -0.4 is 9.47 Å². The second kappa shape index (κ2) is 5.80. The average Bonchev–Trinajstić information content (AvgIpc) is 3.27. The second-order valence-electron chi connectivity index (χ2n) is 7.39. The van der Waals surface area contributed by atoms with Gasteiger partial charge in [0.2, 0.25) is 0 Å². The van der Waals surface area contributed by atoms with Crippen molar-refractivity contribution in [3.05, 3.63) is 71.3 Å². The Hall–Kier alpha value is -2.48. The monoisotopic (exact) mass is 332 g/mol. The first-order chi connectivity index (χ1) is 12.1. The molecule has 0 spiro atoms. The highest BCUT2D eigenvalue weighted by Crippen LogP contribution is 2.49. The third-order valence-corrected chi connectivity index (χ3v) is 5.69. The summed E-state index contributed by atoms with van der Waals surface area (Å²) in [5.74, 6) is 2.28. The molecule has 0 aromatic heterocycles. The molecule has 0 heterocycles. The van der Waals surface area contributed by atoms with Gasteiger partial charge in [-0.25, -0.2) is 0 Å². The van der Waals surface area contributed by atoms with Crippen LogP contribution in [0.4, 0.5) is 0 Å². The van der Waals surface area contributed by atoms with E-state index < -0.39 is 0 Å². The standard InChI is InChI=1S/C23H24O2/c1-23(2,16-7-5-6-8-16)22-20-14-15-13-17(24-3)9-10-18(15)19(20)11-12-21(22)25-4/h5-13,16H,14H2,1-4H3. The zero-order chi connectivity index (χ0) is 17.6. The highest BCUT2D eigenvalue weighted by atomic mass is 16.5. The number of methoxy groups -OCH3 is 2. The maximum atomic E-state index is 5.79. The van der Waals surface area contributed by atoms with Gasteiger partial charge in [0.1, 0.15) is 11.5 Å². The Morgan fingerprint density at radius 2 is 1.64 bits per heavy atom. The molecule has 0 unspecified atom stereocenters. The highest BCUT2D eigenvalue weighted by molar-refractivity contribution is 5.80. The maximum Gasteiger partial charge on any atom is 0.122 e. The molecule has 4 rings (SSSR count). The molecule has 0 saturated heterocycles. The van der Waals surface area contributed by atoms with Crippen LogP contribution in [0.5, 0.6) is 11.5 Å². The van der Waals surface area contributed by atoms with Crippen molar-refractivity contribution in [3.63, 3.8) is 0 Å². The van der Waals surface area contributed by atoms with Crippen LogP contribution in [0, 0.1) is 5.92 Å². The third-order valence-electron chi connectivity index (χ3n) is 5.69. The van der Waals surface area contributed by atoms with Crippen LogP contribution in [-0.2, 0) is 11.8 Å². The van der Waals surface area contributed by atoms with E-state index in [0.717, 1.165) is 17.9 Å². The molecule has 0 aliphatic heterocycles. The Balaban J connectivity index is 1.89. The number of ether oxygens (including phenoxy) is 2. The van der Waals surface area contributed by atoms with Gasteiger partial charge >= 0.3 is 0 Å². The van der Waals surface area contributed by atoms with E-state index >= 15 is 0 Å². The lowest BCUT2D eigenvalue weighted by molar-refractivity contribution is 0.375. The smallest absolute Gasteiger partial charge is 0.122 e. The summed E-state index contributed by atoms with van der Waals surface area (Å²) in [7, 11) is 3.49. The summed E-state index contributed by atoms with van der Waals surface area (Å²) < 4.78 is 11.2. The van der Waals surface area contributed by atoms with Crippen molar-refractivity contribution in [2.24, 2.45) is 5.92 Å². The number of hydrogen-bond acceptors (Lipinski definition) is 2. The molecule has 2 heteroatoms. The van der Waals surface area contributed by atoms with Crippen molar-refractivity contribution in [2.75, 3.05) is 14.2 Å². The Labute approximate surface area is 149 Å². The predicted molar refractivity (Wildman–Crippen MR) is 103 cm³/mol. The first kappa shape index (κ1) is 16.0. The number of fused-ring (bicyclic) bond motifs is 3. The third kappa shape index (κ3) is 2.39. The lowest BCUT2D eigenvalue weighted by Crippen LogP contribution is -2.27. The van der Waals surface area contributed by atoms with E-state index in [2.05, 4.69) is 62.4 Å². The van der Waals surface area contributed by atoms with E-state index in [4.69, 9.17) is 9.47 Å². The fourth-order valence-electron chi connectivity index (χ4n) is 4.31. The molecule has 128 valence electrons. The zero-order valence-corrected chi connectivity index (χ0v) is 15.3. The SMILES string of the molecule is COc1ccc2c(c1)Cc1c-2ccc(OC)c1C(C)(C)C1C=CC=C1. The molecule has 0 radical (unpaired) electrons. The van der Waals surface area contributed by atoms with Gasteiger partial charge in [-0.1, -0.05) is 50.3 Å². The van der Waals surface area contributed by atoms with E-state index in [-0.39, 0.29) is 5.41 Å². The van der Waals surface area contributed by atoms with E-state index in [1.54, 1.807) is 14.2 Å². The summed E-state index contributed by atoms with van der Waals surface area (Å²) in [6.07, 6.45) is 9.77. The molecular weight excluding hydrogens is 308 g/mol. The molecule has 2 aromatic rings. The molecule has 0 saturated carbocycles. The number of allylic oxidation sites excluding steroid dienone is 4. The lowest BCUT2D eigenvalue weighted by atomic mass is 9.71. The van der Waals surface area contributed by atoms with E-state index in [9.17, 15) is 0 Å². The van der Waals surface area contributed by atoms with Crippen LogP contribution in [0.1, 0.15) is 30.5 Å². The van der Waals surface area contributed by atoms with E-state index in [1.165, 1.54) is 27.8 Å². The van der Waals surface area contributed by atoms with Gasteiger partial charge in [-0.15, -0.1) is 0 Å². The van der Waals surface area contributed by atoms with E-state index in [1.807, 2.05) is 6.07 Å². The van der Waals surface area contributed by atoms with Gasteiger partial charge in [0.15, 0.2) is 0 Å². The Morgan fingerprint density at radius 1 is 0.920 bits per heavy atom. The van der Waals surface area contributed by atoms with Crippen molar-refractivity contribution in [3.8, 4) is 22.6 Å². The fourth-order valence-corrected chi connectivity index (χ4v) is 4.31. The summed E-state index contributed by atoms with van der Waals surface area (Å²) in [6.45, 7) is 4.64. The first-order valence-corrected chi connectivity index (χ1v) is 8.79. The number of hydrogen-bond donors (Lipinski definition) is 0. The van der Waals surface area contributed by atoms with Gasteiger partial charge in [-0.2, -0.15) is 0 Å². The van der Waals surface area contributed by atoms with Gasteiger partial charge < -0.3 is 9.47 Å². The van der Waals surface area contributed by atoms with Crippen molar-refractivity contribution in [1.29, 1.82) is 0 Å². The minimum atomic E-state index is -0.0354. The molecule has 2 aromatic carbocycles. The van der Waals surface area contributed by atoms with Gasteiger partial charge in [0.25, 0.3) is 0 Å². The summed E-state index contributed by atoms with van der Waals surface area (Å²) >= 11 is 0. The Morgan fingerprint density at radius 3 is 2.32 bits per heavy atom. The summed E-state index contributed by atoms with van der Waals surface area (Å²) in [4.78, 5) is 0. The molecule has 25 heavy (non-hydrogen) atoms. The van der Waals surface area contributed by atoms with Crippen LogP contribution in [0.3, 0.4) is 0 Å². The molecule has 0 N–H and O–H groups in total. The number of rotatable bonds is 4. The summed E-state index contributed by atoms with van der Waals surface area (Å²) in [5.41, 5.74) is 6.65. The summed E-state index contributed by atoms with van der Waals surface area (Å²) in [5, 5.41) is 0. The maximum absolute atomic E-state index is 5.79. The molecule has 0 bridgehead atoms. The van der Waals surface area contributed by atoms with Gasteiger partial charge in [-0.3, -0.25) is 0 Å². The summed E-state index contributed by atoms with van der Waals surface area (Å²) in [6, 6.07) is 10.7. The lowest BCUT2D eigenvalue weighted by Gasteiger charge is -2.33. The highest BCUT2D eigenvalue weighted by Gasteiger charge is 2.36. The van der Waals surface area contributed by atoms with Gasteiger partial charge in [-0.05, 0) is 46.9 Å². The van der Waals surface area contributed by atoms with Crippen molar-refractivity contribution < 1.29 is 9.47 Å². The van der Waals surface area contributed by atoms with Crippen LogP contribution in [0.15, 0.2) is 54.6 Å². The molecule has 0 amide bonds. The van der Waals surface area contributed by atoms with E-state index in [0.29, 0.717) is 5.92 Å². The molecule has 2 nitrogen and oxygen atoms in total. The minimum Gasteiger partial charge on any atom is -0.497 e. The fraction of sp³-hybridized carbons (Fsp3) is 0.304. The second-order valence-corrected chi connectivity index (χ2v) is 7.39. The molecule has 2 aliphatic rings. The minimum absolute atomic E-state index is 0.0354. The van der Waals surface area contributed by atoms with Crippen molar-refractivity contribution >= 4 is 0 Å². The molecular formula is C23H24O2. The molecule has 2 aliphatic carbocycles. The van der Waals surface area contributed by atoms with Crippen LogP contribution in [0.25, 0.3) is 11.1 Å². The average molecular weight is 332 g/mol. The quantitative estimate of drug-likeness (QED) is 0.646. The van der Waals surface area contributed by atoms with Gasteiger partial charge in [0, 0.05) is 16.9 Å². The van der Waals surface area contributed by atoms with Crippen molar-refractivity contribution in [2.45, 2.75) is 25.7 Å². The first-order valence-electron chi connectivity index (χ1n) is 8.79. The zero-order valence-electron chi connectivity index (χ0n) is 15.3. The largest absolute Gasteiger partial charge is 0.497 e. The predicted octanol–water partition coefficient (Wildman–Crippen LogP) is 5.29. The van der Waals surface area contributed by atoms with Crippen molar-refractivity contribution in [1.82, 2.24) is 0 Å². The van der Waals surface area contributed by atoms with Crippen LogP contribution in [-0.4, -0.2) is 14.2 Å². The van der Waals surface area contributed by atoms with Gasteiger partial charge in [0.05, 0.1) is 14.2 Å². The Bertz CT molecular complexity index is 875. The number of benzene rings is 2. The molecule has 0 fully saturated rings. The normalized spacial score (nSPS) is 15.4. The van der Waals surface area contributed by atoms with Crippen LogP contribution in [0.2, 0.25) is 0 Å². The topological polar surface area (TPSA) is 18.5 Å². The molecule has 0 atom stereocenters. The Kier molecular flexibility index (Phi) is 3.72.